The fourth-order valence-electron chi connectivity index (χ4n) is 3.36. The highest BCUT2D eigenvalue weighted by atomic mass is 16.6. The summed E-state index contributed by atoms with van der Waals surface area (Å²) < 4.78 is 7.56. The van der Waals surface area contributed by atoms with Gasteiger partial charge in [-0.1, -0.05) is 72.8 Å². The lowest BCUT2D eigenvalue weighted by molar-refractivity contribution is -0.384. The summed E-state index contributed by atoms with van der Waals surface area (Å²) in [6.45, 7) is 0.672. The minimum Gasteiger partial charge on any atom is -0.488 e. The van der Waals surface area contributed by atoms with Gasteiger partial charge < -0.3 is 9.30 Å². The molecular formula is C25H20N2O4. The van der Waals surface area contributed by atoms with Crippen molar-refractivity contribution in [3.8, 4) is 16.9 Å². The van der Waals surface area contributed by atoms with Gasteiger partial charge in [0.1, 0.15) is 12.4 Å². The Morgan fingerprint density at radius 1 is 0.839 bits per heavy atom. The van der Waals surface area contributed by atoms with E-state index in [-0.39, 0.29) is 17.9 Å². The molecule has 0 aliphatic carbocycles. The van der Waals surface area contributed by atoms with Crippen molar-refractivity contribution < 1.29 is 9.66 Å². The van der Waals surface area contributed by atoms with Gasteiger partial charge in [0.05, 0.1) is 17.0 Å². The molecule has 0 aliphatic rings. The number of nitrogens with zero attached hydrogens (tertiary/aromatic N) is 2. The van der Waals surface area contributed by atoms with Crippen LogP contribution in [0.3, 0.4) is 0 Å². The maximum atomic E-state index is 13.4. The zero-order valence-electron chi connectivity index (χ0n) is 16.7. The number of nitro benzene ring substituents is 1. The van der Waals surface area contributed by atoms with E-state index >= 15 is 0 Å². The fraction of sp³-hybridized carbons (Fsp3) is 0.0800. The molecule has 0 saturated heterocycles. The summed E-state index contributed by atoms with van der Waals surface area (Å²) in [6.07, 6.45) is 1.69. The molecule has 0 fully saturated rings. The molecule has 0 N–H and O–H groups in total. The van der Waals surface area contributed by atoms with E-state index in [0.717, 1.165) is 11.1 Å². The summed E-state index contributed by atoms with van der Waals surface area (Å²) in [6, 6.07) is 27.1. The van der Waals surface area contributed by atoms with Crippen molar-refractivity contribution in [3.05, 3.63) is 129 Å². The van der Waals surface area contributed by atoms with Crippen molar-refractivity contribution in [2.75, 3.05) is 0 Å². The summed E-state index contributed by atoms with van der Waals surface area (Å²) in [7, 11) is 0. The standard InChI is InChI=1S/C25H20N2O4/c28-25-24(21-12-7-13-22(16-21)27(29)30)23(31-18-20-10-5-2-6-11-20)14-15-26(25)17-19-8-3-1-4-9-19/h1-16H,17-18H2. The summed E-state index contributed by atoms with van der Waals surface area (Å²) in [4.78, 5) is 24.2. The largest absolute Gasteiger partial charge is 0.488 e. The average molecular weight is 412 g/mol. The molecular weight excluding hydrogens is 392 g/mol. The van der Waals surface area contributed by atoms with Gasteiger partial charge >= 0.3 is 0 Å². The van der Waals surface area contributed by atoms with E-state index in [0.29, 0.717) is 23.4 Å². The van der Waals surface area contributed by atoms with E-state index in [1.807, 2.05) is 60.7 Å². The third kappa shape index (κ3) is 4.70. The first-order valence-electron chi connectivity index (χ1n) is 9.81. The molecule has 6 nitrogen and oxygen atoms in total. The molecule has 6 heteroatoms. The first-order valence-corrected chi connectivity index (χ1v) is 9.81. The van der Waals surface area contributed by atoms with Gasteiger partial charge in [-0.3, -0.25) is 14.9 Å². The molecule has 0 bridgehead atoms. The van der Waals surface area contributed by atoms with Crippen LogP contribution in [0.15, 0.2) is 102 Å². The van der Waals surface area contributed by atoms with Crippen molar-refractivity contribution in [2.45, 2.75) is 13.2 Å². The highest BCUT2D eigenvalue weighted by Gasteiger charge is 2.17. The fourth-order valence-corrected chi connectivity index (χ4v) is 3.36. The number of hydrogen-bond donors (Lipinski definition) is 0. The summed E-state index contributed by atoms with van der Waals surface area (Å²) >= 11 is 0. The Balaban J connectivity index is 1.77. The number of non-ortho nitro benzene ring substituents is 1. The van der Waals surface area contributed by atoms with Gasteiger partial charge in [-0.15, -0.1) is 0 Å². The van der Waals surface area contributed by atoms with Crippen LogP contribution < -0.4 is 10.3 Å². The third-order valence-corrected chi connectivity index (χ3v) is 4.91. The van der Waals surface area contributed by atoms with Gasteiger partial charge in [-0.2, -0.15) is 0 Å². The lowest BCUT2D eigenvalue weighted by Crippen LogP contribution is -2.22. The number of nitro groups is 1. The molecule has 0 atom stereocenters. The average Bonchev–Trinajstić information content (AvgIpc) is 2.80. The van der Waals surface area contributed by atoms with Crippen LogP contribution in [-0.4, -0.2) is 9.49 Å². The highest BCUT2D eigenvalue weighted by molar-refractivity contribution is 5.71. The summed E-state index contributed by atoms with van der Waals surface area (Å²) in [5.74, 6) is 0.388. The lowest BCUT2D eigenvalue weighted by atomic mass is 10.1. The smallest absolute Gasteiger partial charge is 0.270 e. The van der Waals surface area contributed by atoms with E-state index in [4.69, 9.17) is 4.74 Å². The van der Waals surface area contributed by atoms with Crippen LogP contribution in [0.5, 0.6) is 5.75 Å². The second-order valence-electron chi connectivity index (χ2n) is 7.06. The van der Waals surface area contributed by atoms with E-state index in [9.17, 15) is 14.9 Å². The van der Waals surface area contributed by atoms with Crippen LogP contribution in [-0.2, 0) is 13.2 Å². The van der Waals surface area contributed by atoms with E-state index in [1.54, 1.807) is 29.0 Å². The zero-order valence-corrected chi connectivity index (χ0v) is 16.7. The number of aromatic nitrogens is 1. The molecule has 0 saturated carbocycles. The second-order valence-corrected chi connectivity index (χ2v) is 7.06. The van der Waals surface area contributed by atoms with Crippen LogP contribution in [0.1, 0.15) is 11.1 Å². The van der Waals surface area contributed by atoms with Gasteiger partial charge in [0.15, 0.2) is 0 Å². The number of hydrogen-bond acceptors (Lipinski definition) is 4. The van der Waals surface area contributed by atoms with Crippen LogP contribution in [0.25, 0.3) is 11.1 Å². The molecule has 154 valence electrons. The topological polar surface area (TPSA) is 74.4 Å². The van der Waals surface area contributed by atoms with E-state index in [1.165, 1.54) is 12.1 Å². The van der Waals surface area contributed by atoms with Crippen LogP contribution >= 0.6 is 0 Å². The minimum atomic E-state index is -0.473. The number of pyridine rings is 1. The first kappa shape index (κ1) is 20.1. The Morgan fingerprint density at radius 3 is 2.19 bits per heavy atom. The van der Waals surface area contributed by atoms with Crippen molar-refractivity contribution in [2.24, 2.45) is 0 Å². The normalized spacial score (nSPS) is 10.6. The predicted molar refractivity (Wildman–Crippen MR) is 119 cm³/mol. The molecule has 4 rings (SSSR count). The zero-order chi connectivity index (χ0) is 21.6. The van der Waals surface area contributed by atoms with Crippen molar-refractivity contribution in [1.29, 1.82) is 0 Å². The molecule has 1 aromatic heterocycles. The van der Waals surface area contributed by atoms with E-state index < -0.39 is 4.92 Å². The molecule has 0 radical (unpaired) electrons. The van der Waals surface area contributed by atoms with Gasteiger partial charge in [0.25, 0.3) is 11.2 Å². The molecule has 0 unspecified atom stereocenters. The summed E-state index contributed by atoms with van der Waals surface area (Å²) in [5.41, 5.74) is 2.34. The maximum absolute atomic E-state index is 13.4. The predicted octanol–water partition coefficient (Wildman–Crippen LogP) is 5.05. The number of rotatable bonds is 7. The minimum absolute atomic E-state index is 0.0793. The highest BCUT2D eigenvalue weighted by Crippen LogP contribution is 2.29. The Hall–Kier alpha value is -4.19. The van der Waals surface area contributed by atoms with Gasteiger partial charge in [0.2, 0.25) is 0 Å². The molecule has 3 aromatic carbocycles. The number of benzene rings is 3. The molecule has 4 aromatic rings. The Morgan fingerprint density at radius 2 is 1.52 bits per heavy atom. The van der Waals surface area contributed by atoms with Crippen molar-refractivity contribution in [1.82, 2.24) is 4.57 Å². The van der Waals surface area contributed by atoms with Gasteiger partial charge in [0, 0.05) is 18.3 Å². The Labute approximate surface area is 179 Å². The van der Waals surface area contributed by atoms with E-state index in [2.05, 4.69) is 0 Å². The lowest BCUT2D eigenvalue weighted by Gasteiger charge is -2.14. The quantitative estimate of drug-likeness (QED) is 0.314. The Kier molecular flexibility index (Phi) is 5.89. The van der Waals surface area contributed by atoms with Crippen molar-refractivity contribution in [3.63, 3.8) is 0 Å². The molecule has 0 aliphatic heterocycles. The Bertz CT molecular complexity index is 1250. The SMILES string of the molecule is O=c1c(-c2cccc([N+](=O)[O-])c2)c(OCc2ccccc2)ccn1Cc1ccccc1. The second kappa shape index (κ2) is 9.09. The maximum Gasteiger partial charge on any atom is 0.270 e. The summed E-state index contributed by atoms with van der Waals surface area (Å²) in [5, 5.41) is 11.3. The third-order valence-electron chi connectivity index (χ3n) is 4.91. The number of ether oxygens (including phenoxy) is 1. The van der Waals surface area contributed by atoms with Gasteiger partial charge in [-0.25, -0.2) is 0 Å². The van der Waals surface area contributed by atoms with Crippen LogP contribution in [0.4, 0.5) is 5.69 Å². The molecule has 1 heterocycles. The van der Waals surface area contributed by atoms with Crippen molar-refractivity contribution >= 4 is 5.69 Å². The molecule has 31 heavy (non-hydrogen) atoms. The van der Waals surface area contributed by atoms with Gasteiger partial charge in [-0.05, 0) is 22.8 Å². The molecule has 0 spiro atoms. The first-order chi connectivity index (χ1) is 15.1. The van der Waals surface area contributed by atoms with Crippen LogP contribution in [0.2, 0.25) is 0 Å². The molecule has 0 amide bonds. The monoisotopic (exact) mass is 412 g/mol. The van der Waals surface area contributed by atoms with Crippen LogP contribution in [0, 0.1) is 10.1 Å².